The molecule has 0 spiro atoms. The van der Waals surface area contributed by atoms with Gasteiger partial charge in [0.05, 0.1) is 7.11 Å². The Kier molecular flexibility index (Phi) is 4.37. The van der Waals surface area contributed by atoms with E-state index in [0.717, 1.165) is 22.8 Å². The van der Waals surface area contributed by atoms with E-state index in [1.54, 1.807) is 13.2 Å². The lowest BCUT2D eigenvalue weighted by atomic mass is 9.99. The SMILES string of the molecule is COc1ccc(C(=O)NC(C)C)cc1-c1ccc(C2CC2)cc1. The Morgan fingerprint density at radius 1 is 1.13 bits per heavy atom. The van der Waals surface area contributed by atoms with Gasteiger partial charge in [0.2, 0.25) is 0 Å². The first-order valence-corrected chi connectivity index (χ1v) is 8.17. The summed E-state index contributed by atoms with van der Waals surface area (Å²) < 4.78 is 5.47. The summed E-state index contributed by atoms with van der Waals surface area (Å²) in [5, 5.41) is 2.93. The normalized spacial score (nSPS) is 13.9. The van der Waals surface area contributed by atoms with Crippen LogP contribution in [0.2, 0.25) is 0 Å². The van der Waals surface area contributed by atoms with Gasteiger partial charge in [-0.15, -0.1) is 0 Å². The summed E-state index contributed by atoms with van der Waals surface area (Å²) in [4.78, 5) is 12.2. The van der Waals surface area contributed by atoms with Crippen molar-refractivity contribution in [1.82, 2.24) is 5.32 Å². The summed E-state index contributed by atoms with van der Waals surface area (Å²) in [6.45, 7) is 3.91. The minimum Gasteiger partial charge on any atom is -0.496 e. The van der Waals surface area contributed by atoms with Gasteiger partial charge < -0.3 is 10.1 Å². The highest BCUT2D eigenvalue weighted by Gasteiger charge is 2.23. The molecule has 2 aromatic carbocycles. The molecule has 0 radical (unpaired) electrons. The molecular weight excluding hydrogens is 286 g/mol. The number of nitrogens with one attached hydrogen (secondary N) is 1. The number of carbonyl (C=O) groups is 1. The molecule has 0 bridgehead atoms. The highest BCUT2D eigenvalue weighted by atomic mass is 16.5. The van der Waals surface area contributed by atoms with Crippen LogP contribution in [0.4, 0.5) is 0 Å². The van der Waals surface area contributed by atoms with E-state index < -0.39 is 0 Å². The monoisotopic (exact) mass is 309 g/mol. The van der Waals surface area contributed by atoms with E-state index >= 15 is 0 Å². The third kappa shape index (κ3) is 3.55. The minimum absolute atomic E-state index is 0.0569. The second kappa shape index (κ2) is 6.45. The Morgan fingerprint density at radius 2 is 1.83 bits per heavy atom. The molecule has 0 aromatic heterocycles. The van der Waals surface area contributed by atoms with Gasteiger partial charge in [-0.25, -0.2) is 0 Å². The van der Waals surface area contributed by atoms with Crippen molar-refractivity contribution in [3.8, 4) is 16.9 Å². The van der Waals surface area contributed by atoms with Crippen LogP contribution in [-0.2, 0) is 0 Å². The molecule has 1 fully saturated rings. The van der Waals surface area contributed by atoms with Crippen molar-refractivity contribution < 1.29 is 9.53 Å². The van der Waals surface area contributed by atoms with Gasteiger partial charge in [0.25, 0.3) is 5.91 Å². The van der Waals surface area contributed by atoms with E-state index in [9.17, 15) is 4.79 Å². The van der Waals surface area contributed by atoms with Crippen molar-refractivity contribution in [2.45, 2.75) is 38.6 Å². The van der Waals surface area contributed by atoms with Crippen molar-refractivity contribution >= 4 is 5.91 Å². The fraction of sp³-hybridized carbons (Fsp3) is 0.350. The maximum absolute atomic E-state index is 12.2. The molecule has 1 amide bonds. The second-order valence-corrected chi connectivity index (χ2v) is 6.44. The number of rotatable bonds is 5. The molecule has 1 N–H and O–H groups in total. The van der Waals surface area contributed by atoms with E-state index in [1.807, 2.05) is 26.0 Å². The maximum Gasteiger partial charge on any atom is 0.251 e. The summed E-state index contributed by atoms with van der Waals surface area (Å²) in [5.74, 6) is 1.47. The zero-order chi connectivity index (χ0) is 16.4. The number of hydrogen-bond acceptors (Lipinski definition) is 2. The van der Waals surface area contributed by atoms with Gasteiger partial charge in [0.15, 0.2) is 0 Å². The first-order valence-electron chi connectivity index (χ1n) is 8.17. The van der Waals surface area contributed by atoms with Crippen molar-refractivity contribution in [1.29, 1.82) is 0 Å². The Morgan fingerprint density at radius 3 is 2.39 bits per heavy atom. The van der Waals surface area contributed by atoms with E-state index in [2.05, 4.69) is 29.6 Å². The van der Waals surface area contributed by atoms with Crippen molar-refractivity contribution in [3.05, 3.63) is 53.6 Å². The summed E-state index contributed by atoms with van der Waals surface area (Å²) >= 11 is 0. The third-order valence-corrected chi connectivity index (χ3v) is 4.15. The summed E-state index contributed by atoms with van der Waals surface area (Å²) in [5.41, 5.74) is 4.08. The van der Waals surface area contributed by atoms with Crippen LogP contribution in [0.3, 0.4) is 0 Å². The zero-order valence-corrected chi connectivity index (χ0v) is 13.9. The van der Waals surface area contributed by atoms with E-state index in [-0.39, 0.29) is 11.9 Å². The van der Waals surface area contributed by atoms with Crippen LogP contribution in [0, 0.1) is 0 Å². The van der Waals surface area contributed by atoms with Crippen molar-refractivity contribution in [3.63, 3.8) is 0 Å². The molecule has 23 heavy (non-hydrogen) atoms. The molecule has 0 unspecified atom stereocenters. The van der Waals surface area contributed by atoms with E-state index in [4.69, 9.17) is 4.74 Å². The number of benzene rings is 2. The number of hydrogen-bond donors (Lipinski definition) is 1. The molecule has 0 heterocycles. The van der Waals surface area contributed by atoms with Gasteiger partial charge in [0, 0.05) is 17.2 Å². The van der Waals surface area contributed by atoms with Crippen LogP contribution < -0.4 is 10.1 Å². The summed E-state index contributed by atoms with van der Waals surface area (Å²) in [6, 6.07) is 14.3. The lowest BCUT2D eigenvalue weighted by molar-refractivity contribution is 0.0943. The Hall–Kier alpha value is -2.29. The first-order chi connectivity index (χ1) is 11.1. The molecule has 1 aliphatic rings. The predicted molar refractivity (Wildman–Crippen MR) is 93.0 cm³/mol. The third-order valence-electron chi connectivity index (χ3n) is 4.15. The fourth-order valence-electron chi connectivity index (χ4n) is 2.77. The van der Waals surface area contributed by atoms with Gasteiger partial charge in [0.1, 0.15) is 5.75 Å². The van der Waals surface area contributed by atoms with Gasteiger partial charge in [-0.1, -0.05) is 24.3 Å². The van der Waals surface area contributed by atoms with Crippen LogP contribution >= 0.6 is 0 Å². The lowest BCUT2D eigenvalue weighted by Gasteiger charge is -2.13. The van der Waals surface area contributed by atoms with Gasteiger partial charge in [-0.3, -0.25) is 4.79 Å². The molecular formula is C20H23NO2. The first kappa shape index (κ1) is 15.6. The largest absolute Gasteiger partial charge is 0.496 e. The molecule has 0 atom stereocenters. The second-order valence-electron chi connectivity index (χ2n) is 6.44. The molecule has 120 valence electrons. The fourth-order valence-corrected chi connectivity index (χ4v) is 2.77. The minimum atomic E-state index is -0.0569. The molecule has 3 rings (SSSR count). The molecule has 1 saturated carbocycles. The van der Waals surface area contributed by atoms with Crippen LogP contribution in [-0.4, -0.2) is 19.1 Å². The van der Waals surface area contributed by atoms with E-state index in [0.29, 0.717) is 5.56 Å². The molecule has 2 aromatic rings. The number of amides is 1. The van der Waals surface area contributed by atoms with Crippen molar-refractivity contribution in [2.75, 3.05) is 7.11 Å². The highest BCUT2D eigenvalue weighted by Crippen LogP contribution is 2.41. The lowest BCUT2D eigenvalue weighted by Crippen LogP contribution is -2.30. The van der Waals surface area contributed by atoms with Crippen LogP contribution in [0.15, 0.2) is 42.5 Å². The molecule has 3 nitrogen and oxygen atoms in total. The smallest absolute Gasteiger partial charge is 0.251 e. The van der Waals surface area contributed by atoms with E-state index in [1.165, 1.54) is 18.4 Å². The molecule has 1 aliphatic carbocycles. The summed E-state index contributed by atoms with van der Waals surface area (Å²) in [6.07, 6.45) is 2.60. The topological polar surface area (TPSA) is 38.3 Å². The Bertz CT molecular complexity index is 700. The molecule has 3 heteroatoms. The Labute approximate surface area is 137 Å². The number of methoxy groups -OCH3 is 1. The predicted octanol–water partition coefficient (Wildman–Crippen LogP) is 4.38. The quantitative estimate of drug-likeness (QED) is 0.890. The Balaban J connectivity index is 1.93. The average Bonchev–Trinajstić information content (AvgIpc) is 3.38. The van der Waals surface area contributed by atoms with Gasteiger partial charge >= 0.3 is 0 Å². The maximum atomic E-state index is 12.2. The van der Waals surface area contributed by atoms with Crippen LogP contribution in [0.5, 0.6) is 5.75 Å². The van der Waals surface area contributed by atoms with Crippen LogP contribution in [0.25, 0.3) is 11.1 Å². The number of ether oxygens (including phenoxy) is 1. The molecule has 0 saturated heterocycles. The molecule has 0 aliphatic heterocycles. The number of carbonyl (C=O) groups excluding carboxylic acids is 1. The zero-order valence-electron chi connectivity index (χ0n) is 13.9. The standard InChI is InChI=1S/C20H23NO2/c1-13(2)21-20(22)17-10-11-19(23-3)18(12-17)16-8-6-15(7-9-16)14-4-5-14/h6-14H,4-5H2,1-3H3,(H,21,22). The van der Waals surface area contributed by atoms with Crippen LogP contribution in [0.1, 0.15) is 48.5 Å². The van der Waals surface area contributed by atoms with Crippen molar-refractivity contribution in [2.24, 2.45) is 0 Å². The highest BCUT2D eigenvalue weighted by molar-refractivity contribution is 5.96. The summed E-state index contributed by atoms with van der Waals surface area (Å²) in [7, 11) is 1.66. The van der Waals surface area contributed by atoms with Gasteiger partial charge in [-0.2, -0.15) is 0 Å². The average molecular weight is 309 g/mol. The van der Waals surface area contributed by atoms with Gasteiger partial charge in [-0.05, 0) is 61.9 Å².